The molecule has 2 heterocycles. The second kappa shape index (κ2) is 14.7. The minimum atomic E-state index is -0.251. The number of benzene rings is 1. The number of imidazole rings is 1. The van der Waals surface area contributed by atoms with Crippen LogP contribution in [0.25, 0.3) is 11.2 Å². The van der Waals surface area contributed by atoms with Crippen molar-refractivity contribution in [3.8, 4) is 12.0 Å². The van der Waals surface area contributed by atoms with Crippen molar-refractivity contribution >= 4 is 28.8 Å². The quantitative estimate of drug-likeness (QED) is 0.152. The van der Waals surface area contributed by atoms with Crippen molar-refractivity contribution in [3.05, 3.63) is 35.4 Å². The molecule has 0 atom stereocenters. The van der Waals surface area contributed by atoms with E-state index in [2.05, 4.69) is 25.6 Å². The molecule has 14 nitrogen and oxygen atoms in total. The van der Waals surface area contributed by atoms with E-state index in [1.807, 2.05) is 24.3 Å². The molecule has 206 valence electrons. The molecule has 1 aromatic carbocycles. The van der Waals surface area contributed by atoms with E-state index in [0.29, 0.717) is 45.1 Å². The molecular weight excluding hydrogens is 496 g/mol. The summed E-state index contributed by atoms with van der Waals surface area (Å²) in [5.74, 6) is -0.340. The highest BCUT2D eigenvalue weighted by Gasteiger charge is 2.17. The number of amides is 2. The first-order valence-corrected chi connectivity index (χ1v) is 12.1. The molecule has 0 fully saturated rings. The third-order valence-electron chi connectivity index (χ3n) is 5.36. The van der Waals surface area contributed by atoms with Crippen molar-refractivity contribution in [2.45, 2.75) is 25.9 Å². The molecule has 3 aromatic rings. The van der Waals surface area contributed by atoms with E-state index < -0.39 is 0 Å². The molecule has 0 bridgehead atoms. The van der Waals surface area contributed by atoms with E-state index in [9.17, 15) is 14.7 Å². The molecule has 3 rings (SSSR count). The van der Waals surface area contributed by atoms with Crippen molar-refractivity contribution in [1.82, 2.24) is 30.2 Å². The molecule has 0 saturated carbocycles. The number of ether oxygens (including phenoxy) is 3. The van der Waals surface area contributed by atoms with E-state index in [4.69, 9.17) is 25.7 Å². The number of aromatic hydroxyl groups is 1. The summed E-state index contributed by atoms with van der Waals surface area (Å²) in [6.45, 7) is 2.83. The van der Waals surface area contributed by atoms with Crippen LogP contribution >= 0.6 is 0 Å². The molecule has 0 unspecified atom stereocenters. The van der Waals surface area contributed by atoms with Crippen LogP contribution in [0.4, 0.5) is 5.82 Å². The van der Waals surface area contributed by atoms with Gasteiger partial charge in [0, 0.05) is 39.6 Å². The monoisotopic (exact) mass is 530 g/mol. The van der Waals surface area contributed by atoms with Crippen molar-refractivity contribution in [2.75, 3.05) is 52.4 Å². The van der Waals surface area contributed by atoms with Crippen molar-refractivity contribution < 1.29 is 28.9 Å². The van der Waals surface area contributed by atoms with Gasteiger partial charge < -0.3 is 41.4 Å². The maximum atomic E-state index is 12.1. The van der Waals surface area contributed by atoms with Crippen LogP contribution in [0.2, 0.25) is 0 Å². The first kappa shape index (κ1) is 28.6. The Hall–Kier alpha value is -4.01. The SMILES string of the molecule is COCCOc1nc(N)c2nc(O)n(Cc3ccc(CNC(=O)CCC(=O)NCCOCCN)cc3)c2n1. The van der Waals surface area contributed by atoms with Crippen LogP contribution in [0.3, 0.4) is 0 Å². The van der Waals surface area contributed by atoms with Crippen LogP contribution < -0.4 is 26.8 Å². The Kier molecular flexibility index (Phi) is 11.0. The number of rotatable bonds is 16. The van der Waals surface area contributed by atoms with Gasteiger partial charge in [0.25, 0.3) is 6.01 Å². The second-order valence-electron chi connectivity index (χ2n) is 8.25. The topological polar surface area (TPSA) is 202 Å². The van der Waals surface area contributed by atoms with Gasteiger partial charge in [-0.25, -0.2) is 0 Å². The number of nitrogens with one attached hydrogen (secondary N) is 2. The molecule has 7 N–H and O–H groups in total. The van der Waals surface area contributed by atoms with Gasteiger partial charge in [-0.1, -0.05) is 24.3 Å². The Morgan fingerprint density at radius 3 is 2.39 bits per heavy atom. The minimum Gasteiger partial charge on any atom is -0.480 e. The van der Waals surface area contributed by atoms with Crippen LogP contribution in [0.1, 0.15) is 24.0 Å². The summed E-state index contributed by atoms with van der Waals surface area (Å²) in [7, 11) is 1.56. The number of carbonyl (C=O) groups excluding carboxylic acids is 2. The van der Waals surface area contributed by atoms with Gasteiger partial charge >= 0.3 is 6.01 Å². The zero-order valence-corrected chi connectivity index (χ0v) is 21.3. The van der Waals surface area contributed by atoms with Crippen LogP contribution in [-0.2, 0) is 32.2 Å². The zero-order chi connectivity index (χ0) is 27.3. The van der Waals surface area contributed by atoms with Gasteiger partial charge in [-0.2, -0.15) is 15.0 Å². The molecule has 0 saturated heterocycles. The largest absolute Gasteiger partial charge is 0.480 e. The summed E-state index contributed by atoms with van der Waals surface area (Å²) in [6, 6.07) is 7.28. The summed E-state index contributed by atoms with van der Waals surface area (Å²) in [4.78, 5) is 36.4. The van der Waals surface area contributed by atoms with Crippen molar-refractivity contribution in [3.63, 3.8) is 0 Å². The maximum Gasteiger partial charge on any atom is 0.320 e. The number of hydrogen-bond acceptors (Lipinski definition) is 11. The van der Waals surface area contributed by atoms with Crippen LogP contribution in [0, 0.1) is 0 Å². The Morgan fingerprint density at radius 2 is 1.68 bits per heavy atom. The standard InChI is InChI=1S/C24H34N8O6/c1-36-12-13-38-23-30-21(26)20-22(31-23)32(24(35)29-20)15-17-4-2-16(3-5-17)14-28-19(34)7-6-18(33)27-9-11-37-10-8-25/h2-5H,6-15,25H2,1H3,(H,27,33)(H,28,34)(H,29,35)(H2,26,30,31). The molecule has 0 aliphatic heterocycles. The van der Waals surface area contributed by atoms with Gasteiger partial charge in [0.2, 0.25) is 11.8 Å². The molecule has 0 aliphatic carbocycles. The number of aromatic nitrogens is 4. The van der Waals surface area contributed by atoms with Gasteiger partial charge in [0.15, 0.2) is 17.0 Å². The van der Waals surface area contributed by atoms with Gasteiger partial charge in [-0.05, 0) is 11.1 Å². The highest BCUT2D eigenvalue weighted by Crippen LogP contribution is 2.25. The first-order valence-electron chi connectivity index (χ1n) is 12.1. The number of nitrogens with zero attached hydrogens (tertiary/aromatic N) is 4. The fourth-order valence-electron chi connectivity index (χ4n) is 3.41. The fourth-order valence-corrected chi connectivity index (χ4v) is 3.41. The van der Waals surface area contributed by atoms with Crippen LogP contribution in [0.5, 0.6) is 12.0 Å². The number of anilines is 1. The van der Waals surface area contributed by atoms with Crippen LogP contribution in [0.15, 0.2) is 24.3 Å². The van der Waals surface area contributed by atoms with E-state index in [1.165, 1.54) is 4.57 Å². The lowest BCUT2D eigenvalue weighted by Crippen LogP contribution is -2.30. The number of nitrogen functional groups attached to an aromatic ring is 1. The normalized spacial score (nSPS) is 11.0. The zero-order valence-electron chi connectivity index (χ0n) is 21.3. The molecule has 0 aliphatic rings. The number of fused-ring (bicyclic) bond motifs is 1. The van der Waals surface area contributed by atoms with Gasteiger partial charge in [0.1, 0.15) is 6.61 Å². The van der Waals surface area contributed by atoms with Crippen LogP contribution in [-0.4, -0.2) is 83.1 Å². The van der Waals surface area contributed by atoms with E-state index in [0.717, 1.165) is 11.1 Å². The van der Waals surface area contributed by atoms with E-state index in [1.54, 1.807) is 7.11 Å². The second-order valence-corrected chi connectivity index (χ2v) is 8.25. The van der Waals surface area contributed by atoms with Crippen molar-refractivity contribution in [2.24, 2.45) is 5.73 Å². The predicted molar refractivity (Wildman–Crippen MR) is 138 cm³/mol. The maximum absolute atomic E-state index is 12.1. The highest BCUT2D eigenvalue weighted by atomic mass is 16.5. The Morgan fingerprint density at radius 1 is 0.974 bits per heavy atom. The Bertz CT molecular complexity index is 1200. The molecule has 0 spiro atoms. The molecular formula is C24H34N8O6. The van der Waals surface area contributed by atoms with Gasteiger partial charge in [-0.3, -0.25) is 14.2 Å². The average Bonchev–Trinajstić information content (AvgIpc) is 3.22. The Labute approximate surface area is 219 Å². The number of nitrogens with two attached hydrogens (primary N) is 2. The summed E-state index contributed by atoms with van der Waals surface area (Å²) in [6.07, 6.45) is 0.180. The summed E-state index contributed by atoms with van der Waals surface area (Å²) in [5.41, 5.74) is 13.6. The Balaban J connectivity index is 1.50. The third kappa shape index (κ3) is 8.54. The smallest absolute Gasteiger partial charge is 0.320 e. The molecule has 0 radical (unpaired) electrons. The van der Waals surface area contributed by atoms with E-state index in [-0.39, 0.29) is 61.2 Å². The summed E-state index contributed by atoms with van der Waals surface area (Å²) in [5, 5.41) is 15.9. The summed E-state index contributed by atoms with van der Waals surface area (Å²) >= 11 is 0. The fraction of sp³-hybridized carbons (Fsp3) is 0.458. The van der Waals surface area contributed by atoms with E-state index >= 15 is 0 Å². The first-order chi connectivity index (χ1) is 18.4. The lowest BCUT2D eigenvalue weighted by Gasteiger charge is -2.09. The molecule has 14 heteroatoms. The summed E-state index contributed by atoms with van der Waals surface area (Å²) < 4.78 is 17.1. The van der Waals surface area contributed by atoms with Crippen molar-refractivity contribution in [1.29, 1.82) is 0 Å². The predicted octanol–water partition coefficient (Wildman–Crippen LogP) is -0.324. The van der Waals surface area contributed by atoms with Gasteiger partial charge in [0.05, 0.1) is 26.4 Å². The number of hydrogen-bond donors (Lipinski definition) is 5. The molecule has 38 heavy (non-hydrogen) atoms. The number of methoxy groups -OCH3 is 1. The molecule has 2 amide bonds. The third-order valence-corrected chi connectivity index (χ3v) is 5.36. The number of carbonyl (C=O) groups is 2. The highest BCUT2D eigenvalue weighted by molar-refractivity contribution is 5.84. The average molecular weight is 531 g/mol. The lowest BCUT2D eigenvalue weighted by molar-refractivity contribution is -0.126. The van der Waals surface area contributed by atoms with Gasteiger partial charge in [-0.15, -0.1) is 0 Å². The minimum absolute atomic E-state index is 0.0632. The lowest BCUT2D eigenvalue weighted by atomic mass is 10.1. The molecule has 2 aromatic heterocycles.